The van der Waals surface area contributed by atoms with Crippen LogP contribution in [0.2, 0.25) is 0 Å². The van der Waals surface area contributed by atoms with E-state index in [1.807, 2.05) is 25.3 Å². The quantitative estimate of drug-likeness (QED) is 0.802. The molecule has 0 radical (unpaired) electrons. The lowest BCUT2D eigenvalue weighted by atomic mass is 9.99. The molecule has 0 saturated heterocycles. The summed E-state index contributed by atoms with van der Waals surface area (Å²) in [6.45, 7) is 4.64. The first-order chi connectivity index (χ1) is 8.62. The largest absolute Gasteiger partial charge is 0.468 e. The molecule has 0 spiro atoms. The fourth-order valence-electron chi connectivity index (χ4n) is 1.62. The highest BCUT2D eigenvalue weighted by Gasteiger charge is 2.24. The summed E-state index contributed by atoms with van der Waals surface area (Å²) in [7, 11) is 1.40. The Morgan fingerprint density at radius 3 is 2.89 bits per heavy atom. The predicted octanol–water partition coefficient (Wildman–Crippen LogP) is 2.30. The van der Waals surface area contributed by atoms with Gasteiger partial charge in [-0.1, -0.05) is 20.3 Å². The fourth-order valence-corrected chi connectivity index (χ4v) is 2.38. The lowest BCUT2D eigenvalue weighted by Gasteiger charge is -2.21. The Kier molecular flexibility index (Phi) is 5.83. The average Bonchev–Trinajstić information content (AvgIpc) is 2.86. The molecule has 1 N–H and O–H groups in total. The lowest BCUT2D eigenvalue weighted by Crippen LogP contribution is -2.42. The number of nitrogens with zero attached hydrogens (tertiary/aromatic N) is 1. The van der Waals surface area contributed by atoms with Gasteiger partial charge >= 0.3 is 5.97 Å². The number of nitriles is 1. The van der Waals surface area contributed by atoms with Gasteiger partial charge in [0.2, 0.25) is 0 Å². The van der Waals surface area contributed by atoms with Crippen LogP contribution < -0.4 is 5.32 Å². The zero-order valence-electron chi connectivity index (χ0n) is 10.9. The molecule has 1 aromatic heterocycles. The van der Waals surface area contributed by atoms with Crippen LogP contribution in [-0.2, 0) is 16.1 Å². The monoisotopic (exact) mass is 266 g/mol. The van der Waals surface area contributed by atoms with E-state index in [0.29, 0.717) is 12.1 Å². The van der Waals surface area contributed by atoms with E-state index in [-0.39, 0.29) is 17.9 Å². The zero-order valence-corrected chi connectivity index (χ0v) is 11.7. The van der Waals surface area contributed by atoms with E-state index in [9.17, 15) is 4.79 Å². The third kappa shape index (κ3) is 3.83. The molecule has 1 heterocycles. The number of ether oxygens (including phenoxy) is 1. The summed E-state index contributed by atoms with van der Waals surface area (Å²) in [4.78, 5) is 12.7. The van der Waals surface area contributed by atoms with Gasteiger partial charge in [0.1, 0.15) is 12.1 Å². The van der Waals surface area contributed by atoms with Crippen LogP contribution in [0.25, 0.3) is 0 Å². The number of carbonyl (C=O) groups excluding carboxylic acids is 1. The maximum atomic E-state index is 11.7. The highest BCUT2D eigenvalue weighted by Crippen LogP contribution is 2.15. The Morgan fingerprint density at radius 1 is 1.67 bits per heavy atom. The number of rotatable bonds is 6. The summed E-state index contributed by atoms with van der Waals surface area (Å²) in [5.41, 5.74) is 0.662. The van der Waals surface area contributed by atoms with Gasteiger partial charge in [-0.25, -0.2) is 0 Å². The van der Waals surface area contributed by atoms with Crippen LogP contribution in [0.5, 0.6) is 0 Å². The van der Waals surface area contributed by atoms with Gasteiger partial charge in [-0.15, -0.1) is 11.3 Å². The molecule has 0 amide bonds. The third-order valence-electron chi connectivity index (χ3n) is 2.95. The van der Waals surface area contributed by atoms with Crippen LogP contribution in [0.15, 0.2) is 11.4 Å². The number of hydrogen-bond donors (Lipinski definition) is 1. The zero-order chi connectivity index (χ0) is 13.5. The molecule has 0 aliphatic rings. The number of hydrogen-bond acceptors (Lipinski definition) is 5. The highest BCUT2D eigenvalue weighted by molar-refractivity contribution is 7.10. The minimum absolute atomic E-state index is 0.216. The van der Waals surface area contributed by atoms with Crippen molar-refractivity contribution in [1.29, 1.82) is 5.26 Å². The molecule has 2 atom stereocenters. The van der Waals surface area contributed by atoms with E-state index in [2.05, 4.69) is 11.4 Å². The number of methoxy groups -OCH3 is 1. The molecule has 4 nitrogen and oxygen atoms in total. The van der Waals surface area contributed by atoms with E-state index in [0.717, 1.165) is 11.3 Å². The molecular formula is C13H18N2O2S. The maximum absolute atomic E-state index is 11.7. The summed E-state index contributed by atoms with van der Waals surface area (Å²) in [5.74, 6) is -0.0192. The molecule has 5 heteroatoms. The Labute approximate surface area is 112 Å². The molecule has 18 heavy (non-hydrogen) atoms. The normalized spacial score (nSPS) is 13.7. The molecule has 1 rings (SSSR count). The van der Waals surface area contributed by atoms with Crippen LogP contribution in [0.1, 0.15) is 30.7 Å². The van der Waals surface area contributed by atoms with Gasteiger partial charge in [0.05, 0.1) is 12.7 Å². The lowest BCUT2D eigenvalue weighted by molar-refractivity contribution is -0.144. The number of thiophene rings is 1. The Bertz CT molecular complexity index is 436. The number of carbonyl (C=O) groups is 1. The first kappa shape index (κ1) is 14.7. The molecule has 0 bridgehead atoms. The second-order valence-electron chi connectivity index (χ2n) is 4.18. The van der Waals surface area contributed by atoms with Crippen LogP contribution in [0.4, 0.5) is 0 Å². The van der Waals surface area contributed by atoms with Crippen LogP contribution in [0.3, 0.4) is 0 Å². The van der Waals surface area contributed by atoms with Crippen molar-refractivity contribution in [1.82, 2.24) is 5.32 Å². The molecule has 0 aliphatic heterocycles. The van der Waals surface area contributed by atoms with Crippen molar-refractivity contribution < 1.29 is 9.53 Å². The van der Waals surface area contributed by atoms with Crippen LogP contribution >= 0.6 is 11.3 Å². The molecule has 1 aromatic rings. The summed E-state index contributed by atoms with van der Waals surface area (Å²) >= 11 is 1.52. The van der Waals surface area contributed by atoms with Gasteiger partial charge < -0.3 is 4.74 Å². The summed E-state index contributed by atoms with van der Waals surface area (Å²) < 4.78 is 4.80. The predicted molar refractivity (Wildman–Crippen MR) is 71.1 cm³/mol. The van der Waals surface area contributed by atoms with Crippen LogP contribution in [-0.4, -0.2) is 19.1 Å². The second kappa shape index (κ2) is 7.14. The summed E-state index contributed by atoms with van der Waals surface area (Å²) in [5, 5.41) is 13.8. The van der Waals surface area contributed by atoms with E-state index in [1.165, 1.54) is 18.4 Å². The SMILES string of the molecule is CCC(C)C(NCc1cc(C#N)cs1)C(=O)OC. The van der Waals surface area contributed by atoms with Gasteiger partial charge in [-0.2, -0.15) is 5.26 Å². The van der Waals surface area contributed by atoms with Crippen molar-refractivity contribution >= 4 is 17.3 Å². The Morgan fingerprint density at radius 2 is 2.39 bits per heavy atom. The van der Waals surface area contributed by atoms with Crippen molar-refractivity contribution in [3.8, 4) is 6.07 Å². The standard InChI is InChI=1S/C13H18N2O2S/c1-4-9(2)12(13(16)17-3)15-7-11-5-10(6-14)8-18-11/h5,8-9,12,15H,4,7H2,1-3H3. The van der Waals surface area contributed by atoms with E-state index >= 15 is 0 Å². The topological polar surface area (TPSA) is 62.1 Å². The minimum atomic E-state index is -0.298. The first-order valence-corrected chi connectivity index (χ1v) is 6.79. The van der Waals surface area contributed by atoms with E-state index in [4.69, 9.17) is 10.00 Å². The van der Waals surface area contributed by atoms with Gasteiger partial charge in [0.15, 0.2) is 0 Å². The van der Waals surface area contributed by atoms with Gasteiger partial charge in [-0.05, 0) is 12.0 Å². The maximum Gasteiger partial charge on any atom is 0.323 e. The van der Waals surface area contributed by atoms with Gasteiger partial charge in [-0.3, -0.25) is 10.1 Å². The Hall–Kier alpha value is -1.38. The third-order valence-corrected chi connectivity index (χ3v) is 3.88. The van der Waals surface area contributed by atoms with Crippen molar-refractivity contribution in [3.63, 3.8) is 0 Å². The van der Waals surface area contributed by atoms with Gasteiger partial charge in [0.25, 0.3) is 0 Å². The number of nitrogens with one attached hydrogen (secondary N) is 1. The van der Waals surface area contributed by atoms with Crippen molar-refractivity contribution in [2.75, 3.05) is 7.11 Å². The van der Waals surface area contributed by atoms with E-state index in [1.54, 1.807) is 0 Å². The molecule has 0 saturated carbocycles. The molecule has 2 unspecified atom stereocenters. The summed E-state index contributed by atoms with van der Waals surface area (Å²) in [6, 6.07) is 3.63. The first-order valence-electron chi connectivity index (χ1n) is 5.91. The molecule has 0 fully saturated rings. The number of esters is 1. The van der Waals surface area contributed by atoms with E-state index < -0.39 is 0 Å². The smallest absolute Gasteiger partial charge is 0.323 e. The van der Waals surface area contributed by atoms with Crippen molar-refractivity contribution in [3.05, 3.63) is 21.9 Å². The van der Waals surface area contributed by atoms with Gasteiger partial charge in [0, 0.05) is 16.8 Å². The molecular weight excluding hydrogens is 248 g/mol. The fraction of sp³-hybridized carbons (Fsp3) is 0.538. The Balaban J connectivity index is 2.62. The summed E-state index contributed by atoms with van der Waals surface area (Å²) in [6.07, 6.45) is 0.903. The molecule has 0 aliphatic carbocycles. The van der Waals surface area contributed by atoms with Crippen LogP contribution in [0, 0.1) is 17.2 Å². The second-order valence-corrected chi connectivity index (χ2v) is 5.18. The average molecular weight is 266 g/mol. The minimum Gasteiger partial charge on any atom is -0.468 e. The molecule has 98 valence electrons. The highest BCUT2D eigenvalue weighted by atomic mass is 32.1. The molecule has 0 aromatic carbocycles. The van der Waals surface area contributed by atoms with Crippen molar-refractivity contribution in [2.24, 2.45) is 5.92 Å². The van der Waals surface area contributed by atoms with Crippen molar-refractivity contribution in [2.45, 2.75) is 32.9 Å².